The Kier molecular flexibility index (Phi) is 7.02. The molecule has 1 rings (SSSR count). The van der Waals surface area contributed by atoms with Crippen molar-refractivity contribution < 1.29 is 8.42 Å². The van der Waals surface area contributed by atoms with E-state index in [1.807, 2.05) is 26.2 Å². The first-order chi connectivity index (χ1) is 9.40. The van der Waals surface area contributed by atoms with Crippen molar-refractivity contribution in [3.63, 3.8) is 0 Å². The van der Waals surface area contributed by atoms with Crippen molar-refractivity contribution in [1.29, 1.82) is 0 Å². The van der Waals surface area contributed by atoms with Crippen molar-refractivity contribution in [3.05, 3.63) is 29.8 Å². The average molecular weight is 316 g/mol. The molecule has 0 fully saturated rings. The van der Waals surface area contributed by atoms with E-state index in [1.54, 1.807) is 30.0 Å². The summed E-state index contributed by atoms with van der Waals surface area (Å²) in [5.74, 6) is 0.935. The predicted octanol–water partition coefficient (Wildman–Crippen LogP) is 2.52. The highest BCUT2D eigenvalue weighted by Gasteiger charge is 2.18. The molecule has 2 atom stereocenters. The van der Waals surface area contributed by atoms with E-state index < -0.39 is 10.0 Å². The van der Waals surface area contributed by atoms with Gasteiger partial charge in [-0.2, -0.15) is 11.8 Å². The van der Waals surface area contributed by atoms with Gasteiger partial charge in [-0.05, 0) is 49.5 Å². The Morgan fingerprint density at radius 1 is 1.40 bits per heavy atom. The van der Waals surface area contributed by atoms with Crippen molar-refractivity contribution in [2.24, 2.45) is 5.73 Å². The number of sulfonamides is 1. The van der Waals surface area contributed by atoms with E-state index in [9.17, 15) is 8.42 Å². The molecule has 20 heavy (non-hydrogen) atoms. The van der Waals surface area contributed by atoms with Gasteiger partial charge >= 0.3 is 0 Å². The van der Waals surface area contributed by atoms with Gasteiger partial charge in [-0.1, -0.05) is 19.1 Å². The number of nitrogens with one attached hydrogen (secondary N) is 1. The third kappa shape index (κ3) is 5.09. The summed E-state index contributed by atoms with van der Waals surface area (Å²) in [5.41, 5.74) is 6.81. The van der Waals surface area contributed by atoms with E-state index in [-0.39, 0.29) is 17.0 Å². The van der Waals surface area contributed by atoms with Gasteiger partial charge in [0.25, 0.3) is 0 Å². The van der Waals surface area contributed by atoms with Crippen LogP contribution in [0.2, 0.25) is 0 Å². The van der Waals surface area contributed by atoms with Crippen LogP contribution < -0.4 is 10.5 Å². The van der Waals surface area contributed by atoms with Crippen molar-refractivity contribution in [3.8, 4) is 0 Å². The minimum absolute atomic E-state index is 0.0732. The predicted molar refractivity (Wildman–Crippen MR) is 86.4 cm³/mol. The van der Waals surface area contributed by atoms with Crippen LogP contribution in [0.4, 0.5) is 0 Å². The lowest BCUT2D eigenvalue weighted by Crippen LogP contribution is -2.33. The molecule has 114 valence electrons. The lowest BCUT2D eigenvalue weighted by molar-refractivity contribution is 0.556. The Balaban J connectivity index is 2.87. The van der Waals surface area contributed by atoms with Crippen molar-refractivity contribution in [2.75, 3.05) is 12.0 Å². The van der Waals surface area contributed by atoms with Gasteiger partial charge in [-0.15, -0.1) is 0 Å². The minimum atomic E-state index is -3.47. The second-order valence-electron chi connectivity index (χ2n) is 4.89. The Morgan fingerprint density at radius 2 is 2.10 bits per heavy atom. The molecule has 0 heterocycles. The highest BCUT2D eigenvalue weighted by molar-refractivity contribution is 7.98. The van der Waals surface area contributed by atoms with Gasteiger partial charge in [-0.25, -0.2) is 13.1 Å². The number of benzene rings is 1. The molecule has 0 saturated carbocycles. The SMILES string of the molecule is CCC(N)c1cccc(S(=O)(=O)NC(C)CCSC)c1. The topological polar surface area (TPSA) is 72.2 Å². The molecule has 0 bridgehead atoms. The second kappa shape index (κ2) is 8.02. The largest absolute Gasteiger partial charge is 0.324 e. The van der Waals surface area contributed by atoms with E-state index in [2.05, 4.69) is 4.72 Å². The van der Waals surface area contributed by atoms with E-state index in [4.69, 9.17) is 5.73 Å². The smallest absolute Gasteiger partial charge is 0.240 e. The summed E-state index contributed by atoms with van der Waals surface area (Å²) in [7, 11) is -3.47. The Bertz CT molecular complexity index is 518. The highest BCUT2D eigenvalue weighted by atomic mass is 32.2. The quantitative estimate of drug-likeness (QED) is 0.773. The molecule has 0 amide bonds. The summed E-state index contributed by atoms with van der Waals surface area (Å²) in [6.45, 7) is 3.87. The first-order valence-electron chi connectivity index (χ1n) is 6.77. The first-order valence-corrected chi connectivity index (χ1v) is 9.65. The monoisotopic (exact) mass is 316 g/mol. The van der Waals surface area contributed by atoms with Gasteiger partial charge in [0.15, 0.2) is 0 Å². The van der Waals surface area contributed by atoms with Gasteiger partial charge in [0.05, 0.1) is 4.90 Å². The minimum Gasteiger partial charge on any atom is -0.324 e. The third-order valence-corrected chi connectivity index (χ3v) is 5.38. The van der Waals surface area contributed by atoms with Crippen LogP contribution in [0, 0.1) is 0 Å². The summed E-state index contributed by atoms with van der Waals surface area (Å²) >= 11 is 1.71. The lowest BCUT2D eigenvalue weighted by Gasteiger charge is -2.15. The molecular formula is C14H24N2O2S2. The average Bonchev–Trinajstić information content (AvgIpc) is 2.44. The zero-order valence-electron chi connectivity index (χ0n) is 12.3. The fourth-order valence-electron chi connectivity index (χ4n) is 1.83. The summed E-state index contributed by atoms with van der Waals surface area (Å²) in [5, 5.41) is 0. The highest BCUT2D eigenvalue weighted by Crippen LogP contribution is 2.18. The molecule has 3 N–H and O–H groups in total. The van der Waals surface area contributed by atoms with Gasteiger partial charge < -0.3 is 5.73 Å². The van der Waals surface area contributed by atoms with Gasteiger partial charge in [0.1, 0.15) is 0 Å². The zero-order valence-corrected chi connectivity index (χ0v) is 13.9. The molecule has 2 unspecified atom stereocenters. The first kappa shape index (κ1) is 17.5. The molecule has 0 aliphatic carbocycles. The van der Waals surface area contributed by atoms with Gasteiger partial charge in [0.2, 0.25) is 10.0 Å². The molecule has 4 nitrogen and oxygen atoms in total. The van der Waals surface area contributed by atoms with Crippen LogP contribution in [0.25, 0.3) is 0 Å². The van der Waals surface area contributed by atoms with Crippen molar-refractivity contribution in [2.45, 2.75) is 43.7 Å². The summed E-state index contributed by atoms with van der Waals surface area (Å²) in [6.07, 6.45) is 3.60. The van der Waals surface area contributed by atoms with Crippen LogP contribution in [0.5, 0.6) is 0 Å². The molecule has 0 spiro atoms. The zero-order chi connectivity index (χ0) is 15.2. The van der Waals surface area contributed by atoms with Crippen LogP contribution >= 0.6 is 11.8 Å². The molecule has 1 aromatic rings. The fraction of sp³-hybridized carbons (Fsp3) is 0.571. The molecule has 0 saturated heterocycles. The van der Waals surface area contributed by atoms with Crippen LogP contribution in [0.1, 0.15) is 38.3 Å². The Morgan fingerprint density at radius 3 is 2.70 bits per heavy atom. The maximum atomic E-state index is 12.3. The Hall–Kier alpha value is -0.560. The van der Waals surface area contributed by atoms with Crippen LogP contribution in [-0.2, 0) is 10.0 Å². The van der Waals surface area contributed by atoms with Crippen LogP contribution in [0.15, 0.2) is 29.2 Å². The standard InChI is InChI=1S/C14H24N2O2S2/c1-4-14(15)12-6-5-7-13(10-12)20(17,18)16-11(2)8-9-19-3/h5-7,10-11,14,16H,4,8-9,15H2,1-3H3. The molecule has 0 aliphatic heterocycles. The molecule has 1 aromatic carbocycles. The van der Waals surface area contributed by atoms with Gasteiger partial charge in [0, 0.05) is 12.1 Å². The molecule has 6 heteroatoms. The van der Waals surface area contributed by atoms with E-state index >= 15 is 0 Å². The van der Waals surface area contributed by atoms with Gasteiger partial charge in [-0.3, -0.25) is 0 Å². The lowest BCUT2D eigenvalue weighted by atomic mass is 10.1. The fourth-order valence-corrected chi connectivity index (χ4v) is 3.76. The summed E-state index contributed by atoms with van der Waals surface area (Å²) in [6, 6.07) is 6.68. The van der Waals surface area contributed by atoms with E-state index in [0.717, 1.165) is 24.2 Å². The maximum absolute atomic E-state index is 12.3. The van der Waals surface area contributed by atoms with Crippen molar-refractivity contribution >= 4 is 21.8 Å². The maximum Gasteiger partial charge on any atom is 0.240 e. The summed E-state index contributed by atoms with van der Waals surface area (Å²) in [4.78, 5) is 0.287. The van der Waals surface area contributed by atoms with Crippen molar-refractivity contribution in [1.82, 2.24) is 4.72 Å². The Labute approximate surface area is 126 Å². The van der Waals surface area contributed by atoms with E-state index in [0.29, 0.717) is 0 Å². The number of hydrogen-bond donors (Lipinski definition) is 2. The van der Waals surface area contributed by atoms with Crippen LogP contribution in [-0.4, -0.2) is 26.5 Å². The number of thioether (sulfide) groups is 1. The normalized spacial score (nSPS) is 15.0. The second-order valence-corrected chi connectivity index (χ2v) is 7.59. The van der Waals surface area contributed by atoms with E-state index in [1.165, 1.54) is 0 Å². The number of hydrogen-bond acceptors (Lipinski definition) is 4. The number of rotatable bonds is 8. The molecule has 0 aromatic heterocycles. The molecule has 0 aliphatic rings. The molecular weight excluding hydrogens is 292 g/mol. The summed E-state index contributed by atoms with van der Waals surface area (Å²) < 4.78 is 27.3. The number of nitrogens with two attached hydrogens (primary N) is 1. The molecule has 0 radical (unpaired) electrons. The van der Waals surface area contributed by atoms with Crippen LogP contribution in [0.3, 0.4) is 0 Å². The third-order valence-electron chi connectivity index (χ3n) is 3.15.